The van der Waals surface area contributed by atoms with E-state index in [-0.39, 0.29) is 18.1 Å². The molecule has 4 nitrogen and oxygen atoms in total. The number of hydrogen-bond acceptors (Lipinski definition) is 2. The fourth-order valence-electron chi connectivity index (χ4n) is 4.48. The largest absolute Gasteiger partial charge is 0.389 e. The third kappa shape index (κ3) is 5.42. The van der Waals surface area contributed by atoms with Crippen LogP contribution in [0, 0.1) is 0 Å². The Kier molecular flexibility index (Phi) is 8.32. The number of rotatable bonds is 10. The molecular weight excluding hydrogens is 372 g/mol. The van der Waals surface area contributed by atoms with Crippen molar-refractivity contribution < 1.29 is 9.90 Å². The van der Waals surface area contributed by atoms with Crippen LogP contribution in [0.25, 0.3) is 0 Å². The van der Waals surface area contributed by atoms with Gasteiger partial charge in [-0.2, -0.15) is 0 Å². The molecule has 0 aliphatic carbocycles. The molecule has 1 fully saturated rings. The van der Waals surface area contributed by atoms with Gasteiger partial charge in [0, 0.05) is 13.1 Å². The lowest BCUT2D eigenvalue weighted by atomic mass is 9.89. The Morgan fingerprint density at radius 3 is 1.50 bits per heavy atom. The molecule has 0 saturated carbocycles. The van der Waals surface area contributed by atoms with Gasteiger partial charge in [0.05, 0.1) is 18.2 Å². The lowest BCUT2D eigenvalue weighted by Gasteiger charge is -2.49. The van der Waals surface area contributed by atoms with Crippen molar-refractivity contribution in [2.24, 2.45) is 0 Å². The number of carbonyl (C=O) groups is 1. The lowest BCUT2D eigenvalue weighted by Crippen LogP contribution is -2.65. The van der Waals surface area contributed by atoms with Crippen molar-refractivity contribution in [2.75, 3.05) is 0 Å². The van der Waals surface area contributed by atoms with E-state index in [9.17, 15) is 9.90 Å². The second kappa shape index (κ2) is 11.2. The quantitative estimate of drug-likeness (QED) is 0.556. The Balaban J connectivity index is 1.91. The van der Waals surface area contributed by atoms with Crippen molar-refractivity contribution in [3.63, 3.8) is 0 Å². The van der Waals surface area contributed by atoms with Crippen LogP contribution in [0.4, 0.5) is 4.79 Å². The van der Waals surface area contributed by atoms with Crippen LogP contribution in [0.3, 0.4) is 0 Å². The van der Waals surface area contributed by atoms with E-state index in [4.69, 9.17) is 0 Å². The maximum Gasteiger partial charge on any atom is 0.321 e. The summed E-state index contributed by atoms with van der Waals surface area (Å²) in [6.45, 7) is 5.40. The molecule has 1 aliphatic rings. The standard InChI is InChI=1S/C26H36N2O2/c1-3-5-17-23-25(29)24(18-6-4-2)28(20-22-15-11-8-12-16-22)26(30)27(23)19-21-13-9-7-10-14-21/h7-16,23-25,29H,3-6,17-20H2,1-2H3/t23-,24-/m0/s1. The van der Waals surface area contributed by atoms with E-state index in [1.54, 1.807) is 0 Å². The summed E-state index contributed by atoms with van der Waals surface area (Å²) < 4.78 is 0. The van der Waals surface area contributed by atoms with Gasteiger partial charge in [0.2, 0.25) is 0 Å². The first-order valence-corrected chi connectivity index (χ1v) is 11.5. The van der Waals surface area contributed by atoms with Gasteiger partial charge in [0.25, 0.3) is 0 Å². The molecule has 0 unspecified atom stereocenters. The van der Waals surface area contributed by atoms with E-state index in [1.807, 2.05) is 46.2 Å². The Morgan fingerprint density at radius 2 is 1.13 bits per heavy atom. The van der Waals surface area contributed by atoms with Crippen LogP contribution in [-0.4, -0.2) is 39.1 Å². The monoisotopic (exact) mass is 408 g/mol. The molecule has 0 radical (unpaired) electrons. The number of benzene rings is 2. The minimum absolute atomic E-state index is 0.0511. The van der Waals surface area contributed by atoms with Crippen molar-refractivity contribution in [3.05, 3.63) is 71.8 Å². The number of nitrogens with zero attached hydrogens (tertiary/aromatic N) is 2. The van der Waals surface area contributed by atoms with Gasteiger partial charge >= 0.3 is 6.03 Å². The molecule has 1 aliphatic heterocycles. The molecule has 2 aromatic rings. The zero-order chi connectivity index (χ0) is 21.3. The highest BCUT2D eigenvalue weighted by Gasteiger charge is 2.45. The molecule has 162 valence electrons. The number of hydrogen-bond donors (Lipinski definition) is 1. The number of urea groups is 1. The predicted molar refractivity (Wildman–Crippen MR) is 122 cm³/mol. The van der Waals surface area contributed by atoms with Gasteiger partial charge in [0.15, 0.2) is 0 Å². The fraction of sp³-hybridized carbons (Fsp3) is 0.500. The molecule has 0 spiro atoms. The van der Waals surface area contributed by atoms with Gasteiger partial charge in [-0.1, -0.05) is 100 Å². The van der Waals surface area contributed by atoms with Crippen molar-refractivity contribution in [1.82, 2.24) is 9.80 Å². The molecule has 4 heteroatoms. The van der Waals surface area contributed by atoms with Crippen LogP contribution < -0.4 is 0 Å². The van der Waals surface area contributed by atoms with Crippen LogP contribution in [-0.2, 0) is 13.1 Å². The summed E-state index contributed by atoms with van der Waals surface area (Å²) in [7, 11) is 0. The molecule has 1 saturated heterocycles. The maximum atomic E-state index is 13.8. The first kappa shape index (κ1) is 22.4. The molecule has 3 rings (SSSR count). The van der Waals surface area contributed by atoms with Gasteiger partial charge in [-0.3, -0.25) is 0 Å². The highest BCUT2D eigenvalue weighted by Crippen LogP contribution is 2.31. The van der Waals surface area contributed by atoms with E-state index >= 15 is 0 Å². The van der Waals surface area contributed by atoms with Crippen LogP contribution in [0.1, 0.15) is 63.5 Å². The normalized spacial score (nSPS) is 20.0. The van der Waals surface area contributed by atoms with Gasteiger partial charge in [0.1, 0.15) is 0 Å². The highest BCUT2D eigenvalue weighted by molar-refractivity contribution is 5.76. The zero-order valence-corrected chi connectivity index (χ0v) is 18.4. The molecule has 2 atom stereocenters. The first-order valence-electron chi connectivity index (χ1n) is 11.5. The summed E-state index contributed by atoms with van der Waals surface area (Å²) >= 11 is 0. The van der Waals surface area contributed by atoms with Crippen LogP contribution in [0.2, 0.25) is 0 Å². The van der Waals surface area contributed by atoms with Gasteiger partial charge in [-0.05, 0) is 24.0 Å². The van der Waals surface area contributed by atoms with Crippen molar-refractivity contribution in [2.45, 2.75) is 83.6 Å². The summed E-state index contributed by atoms with van der Waals surface area (Å²) in [5, 5.41) is 11.5. The van der Waals surface area contributed by atoms with Crippen molar-refractivity contribution in [3.8, 4) is 0 Å². The molecule has 30 heavy (non-hydrogen) atoms. The molecule has 2 amide bonds. The summed E-state index contributed by atoms with van der Waals surface area (Å²) in [5.41, 5.74) is 2.21. The number of carbonyl (C=O) groups excluding carboxylic acids is 1. The van der Waals surface area contributed by atoms with E-state index in [2.05, 4.69) is 38.1 Å². The number of aliphatic hydroxyl groups is 1. The second-order valence-electron chi connectivity index (χ2n) is 8.42. The smallest absolute Gasteiger partial charge is 0.321 e. The third-order valence-electron chi connectivity index (χ3n) is 6.18. The van der Waals surface area contributed by atoms with E-state index < -0.39 is 6.10 Å². The van der Waals surface area contributed by atoms with E-state index in [0.29, 0.717) is 13.1 Å². The molecular formula is C26H36N2O2. The van der Waals surface area contributed by atoms with Gasteiger partial charge < -0.3 is 14.9 Å². The Hall–Kier alpha value is -2.33. The molecule has 0 bridgehead atoms. The summed E-state index contributed by atoms with van der Waals surface area (Å²) in [4.78, 5) is 17.6. The predicted octanol–water partition coefficient (Wildman–Crippen LogP) is 5.60. The molecule has 0 aromatic heterocycles. The Morgan fingerprint density at radius 1 is 0.733 bits per heavy atom. The van der Waals surface area contributed by atoms with Crippen LogP contribution in [0.5, 0.6) is 0 Å². The van der Waals surface area contributed by atoms with E-state index in [0.717, 1.165) is 49.7 Å². The maximum absolute atomic E-state index is 13.8. The SMILES string of the molecule is CCCC[C@H]1C(O)[C@H](CCCC)N(Cc2ccccc2)C(=O)N1Cc1ccccc1. The minimum Gasteiger partial charge on any atom is -0.389 e. The van der Waals surface area contributed by atoms with Crippen molar-refractivity contribution in [1.29, 1.82) is 0 Å². The number of aliphatic hydroxyl groups excluding tert-OH is 1. The van der Waals surface area contributed by atoms with Crippen molar-refractivity contribution >= 4 is 6.03 Å². The first-order chi connectivity index (χ1) is 14.7. The zero-order valence-electron chi connectivity index (χ0n) is 18.4. The lowest BCUT2D eigenvalue weighted by molar-refractivity contribution is -0.0490. The Bertz CT molecular complexity index is 702. The summed E-state index contributed by atoms with van der Waals surface area (Å²) in [6, 6.07) is 20.0. The van der Waals surface area contributed by atoms with Crippen LogP contribution >= 0.6 is 0 Å². The minimum atomic E-state index is -0.534. The summed E-state index contributed by atoms with van der Waals surface area (Å²) in [5.74, 6) is 0. The third-order valence-corrected chi connectivity index (χ3v) is 6.18. The van der Waals surface area contributed by atoms with Crippen LogP contribution in [0.15, 0.2) is 60.7 Å². The topological polar surface area (TPSA) is 43.8 Å². The average molecular weight is 409 g/mol. The molecule has 1 N–H and O–H groups in total. The summed E-state index contributed by atoms with van der Waals surface area (Å²) in [6.07, 6.45) is 5.30. The highest BCUT2D eigenvalue weighted by atomic mass is 16.3. The second-order valence-corrected chi connectivity index (χ2v) is 8.42. The Labute approximate surface area is 181 Å². The molecule has 2 aromatic carbocycles. The number of amides is 2. The average Bonchev–Trinajstić information content (AvgIpc) is 2.78. The van der Waals surface area contributed by atoms with Gasteiger partial charge in [-0.25, -0.2) is 4.79 Å². The number of unbranched alkanes of at least 4 members (excludes halogenated alkanes) is 2. The molecule has 1 heterocycles. The fourth-order valence-corrected chi connectivity index (χ4v) is 4.48. The van der Waals surface area contributed by atoms with E-state index in [1.165, 1.54) is 0 Å². The van der Waals surface area contributed by atoms with Gasteiger partial charge in [-0.15, -0.1) is 0 Å².